The molecule has 0 radical (unpaired) electrons. The minimum absolute atomic E-state index is 0.00475. The highest BCUT2D eigenvalue weighted by atomic mass is 32.2. The summed E-state index contributed by atoms with van der Waals surface area (Å²) in [6.45, 7) is 1.85. The van der Waals surface area contributed by atoms with Gasteiger partial charge in [0, 0.05) is 5.56 Å². The van der Waals surface area contributed by atoms with E-state index in [-0.39, 0.29) is 39.2 Å². The van der Waals surface area contributed by atoms with E-state index in [1.54, 1.807) is 30.3 Å². The number of nitriles is 1. The third kappa shape index (κ3) is 3.65. The predicted octanol–water partition coefficient (Wildman–Crippen LogP) is 2.26. The molecule has 0 aliphatic heterocycles. The minimum Gasteiger partial charge on any atom is -0.382 e. The fraction of sp³-hybridized carbons (Fsp3) is 0.0556. The van der Waals surface area contributed by atoms with Gasteiger partial charge in [-0.2, -0.15) is 18.7 Å². The van der Waals surface area contributed by atoms with Crippen molar-refractivity contribution in [3.63, 3.8) is 0 Å². The SMILES string of the molecule is Cc1ccc(S(=O)(=O)Oc2ccccc2-c2nc(N)nc(N)c2C#N)cc1. The summed E-state index contributed by atoms with van der Waals surface area (Å²) in [5.41, 5.74) is 12.6. The second kappa shape index (κ2) is 6.93. The zero-order valence-corrected chi connectivity index (χ0v) is 15.1. The number of para-hydroxylation sites is 1. The molecule has 0 saturated heterocycles. The Morgan fingerprint density at radius 1 is 1.04 bits per heavy atom. The average molecular weight is 381 g/mol. The first-order chi connectivity index (χ1) is 12.8. The molecule has 0 bridgehead atoms. The molecule has 1 aromatic heterocycles. The molecule has 1 heterocycles. The first-order valence-corrected chi connectivity index (χ1v) is 9.16. The molecule has 3 aromatic rings. The van der Waals surface area contributed by atoms with Crippen LogP contribution in [0.15, 0.2) is 53.4 Å². The van der Waals surface area contributed by atoms with Gasteiger partial charge in [0.1, 0.15) is 22.3 Å². The second-order valence-electron chi connectivity index (χ2n) is 5.65. The van der Waals surface area contributed by atoms with E-state index in [2.05, 4.69) is 9.97 Å². The van der Waals surface area contributed by atoms with Crippen molar-refractivity contribution in [2.45, 2.75) is 11.8 Å². The maximum absolute atomic E-state index is 12.6. The Morgan fingerprint density at radius 2 is 1.70 bits per heavy atom. The summed E-state index contributed by atoms with van der Waals surface area (Å²) in [6, 6.07) is 14.4. The molecule has 0 aliphatic carbocycles. The summed E-state index contributed by atoms with van der Waals surface area (Å²) in [5, 5.41) is 9.37. The standard InChI is InChI=1S/C18H15N5O3S/c1-11-6-8-12(9-7-11)27(24,25)26-15-5-3-2-4-13(15)16-14(10-19)17(20)23-18(21)22-16/h2-9H,1H3,(H4,20,21,22,23). The van der Waals surface area contributed by atoms with Gasteiger partial charge in [0.25, 0.3) is 0 Å². The topological polar surface area (TPSA) is 145 Å². The molecule has 0 fully saturated rings. The molecule has 27 heavy (non-hydrogen) atoms. The number of hydrogen-bond donors (Lipinski definition) is 2. The Bertz CT molecular complexity index is 1150. The molecule has 9 heteroatoms. The number of benzene rings is 2. The maximum atomic E-state index is 12.6. The molecule has 8 nitrogen and oxygen atoms in total. The van der Waals surface area contributed by atoms with Gasteiger partial charge in [0.05, 0.1) is 5.69 Å². The van der Waals surface area contributed by atoms with Crippen molar-refractivity contribution in [1.29, 1.82) is 5.26 Å². The zero-order valence-electron chi connectivity index (χ0n) is 14.2. The molecule has 0 unspecified atom stereocenters. The molecular formula is C18H15N5O3S. The van der Waals surface area contributed by atoms with Gasteiger partial charge in [0.15, 0.2) is 5.75 Å². The van der Waals surface area contributed by atoms with Crippen molar-refractivity contribution >= 4 is 21.9 Å². The monoisotopic (exact) mass is 381 g/mol. The van der Waals surface area contributed by atoms with E-state index in [0.717, 1.165) is 5.56 Å². The fourth-order valence-electron chi connectivity index (χ4n) is 2.41. The highest BCUT2D eigenvalue weighted by molar-refractivity contribution is 7.87. The molecule has 0 saturated carbocycles. The molecule has 2 aromatic carbocycles. The molecule has 0 spiro atoms. The zero-order chi connectivity index (χ0) is 19.6. The third-order valence-electron chi connectivity index (χ3n) is 3.72. The summed E-state index contributed by atoms with van der Waals surface area (Å²) in [7, 11) is -4.09. The molecule has 4 N–H and O–H groups in total. The lowest BCUT2D eigenvalue weighted by Gasteiger charge is -2.13. The fourth-order valence-corrected chi connectivity index (χ4v) is 3.35. The highest BCUT2D eigenvalue weighted by Crippen LogP contribution is 2.34. The summed E-state index contributed by atoms with van der Waals surface area (Å²) in [5.74, 6) is -0.249. The van der Waals surface area contributed by atoms with Crippen LogP contribution in [0.4, 0.5) is 11.8 Å². The Morgan fingerprint density at radius 3 is 2.37 bits per heavy atom. The van der Waals surface area contributed by atoms with Crippen LogP contribution in [-0.4, -0.2) is 18.4 Å². The van der Waals surface area contributed by atoms with Gasteiger partial charge in [-0.3, -0.25) is 0 Å². The van der Waals surface area contributed by atoms with Gasteiger partial charge in [-0.1, -0.05) is 29.8 Å². The summed E-state index contributed by atoms with van der Waals surface area (Å²) in [6.07, 6.45) is 0. The number of hydrogen-bond acceptors (Lipinski definition) is 8. The quantitative estimate of drug-likeness (QED) is 0.655. The van der Waals surface area contributed by atoms with Gasteiger partial charge < -0.3 is 15.7 Å². The summed E-state index contributed by atoms with van der Waals surface area (Å²) in [4.78, 5) is 7.80. The van der Waals surface area contributed by atoms with E-state index >= 15 is 0 Å². The largest absolute Gasteiger partial charge is 0.382 e. The van der Waals surface area contributed by atoms with Gasteiger partial charge >= 0.3 is 10.1 Å². The summed E-state index contributed by atoms with van der Waals surface area (Å²) < 4.78 is 30.5. The van der Waals surface area contributed by atoms with Crippen molar-refractivity contribution in [3.8, 4) is 23.1 Å². The number of nitrogen functional groups attached to an aromatic ring is 2. The summed E-state index contributed by atoms with van der Waals surface area (Å²) >= 11 is 0. The van der Waals surface area contributed by atoms with E-state index < -0.39 is 10.1 Å². The van der Waals surface area contributed by atoms with E-state index in [4.69, 9.17) is 15.7 Å². The van der Waals surface area contributed by atoms with Gasteiger partial charge in [-0.15, -0.1) is 0 Å². The Labute approximate surface area is 156 Å². The number of nitrogens with two attached hydrogens (primary N) is 2. The van der Waals surface area contributed by atoms with Crippen molar-refractivity contribution in [2.75, 3.05) is 11.5 Å². The van der Waals surface area contributed by atoms with Crippen molar-refractivity contribution < 1.29 is 12.6 Å². The van der Waals surface area contributed by atoms with E-state index in [1.807, 2.05) is 13.0 Å². The van der Waals surface area contributed by atoms with Gasteiger partial charge in [-0.05, 0) is 31.2 Å². The Balaban J connectivity index is 2.11. The number of rotatable bonds is 4. The van der Waals surface area contributed by atoms with Crippen molar-refractivity contribution in [3.05, 3.63) is 59.7 Å². The lowest BCUT2D eigenvalue weighted by atomic mass is 10.1. The molecule has 0 aliphatic rings. The molecular weight excluding hydrogens is 366 g/mol. The van der Waals surface area contributed by atoms with Crippen LogP contribution in [0.3, 0.4) is 0 Å². The number of aromatic nitrogens is 2. The number of nitrogens with zero attached hydrogens (tertiary/aromatic N) is 3. The van der Waals surface area contributed by atoms with Gasteiger partial charge in [0.2, 0.25) is 5.95 Å². The van der Waals surface area contributed by atoms with Crippen LogP contribution in [0.25, 0.3) is 11.3 Å². The van der Waals surface area contributed by atoms with Crippen LogP contribution in [0.1, 0.15) is 11.1 Å². The smallest absolute Gasteiger partial charge is 0.339 e. The normalized spacial score (nSPS) is 11.0. The molecule has 3 rings (SSSR count). The van der Waals surface area contributed by atoms with Crippen molar-refractivity contribution in [1.82, 2.24) is 9.97 Å². The van der Waals surface area contributed by atoms with Crippen LogP contribution in [-0.2, 0) is 10.1 Å². The van der Waals surface area contributed by atoms with Crippen LogP contribution in [0, 0.1) is 18.3 Å². The van der Waals surface area contributed by atoms with Crippen LogP contribution in [0.5, 0.6) is 5.75 Å². The molecule has 0 amide bonds. The highest BCUT2D eigenvalue weighted by Gasteiger charge is 2.22. The molecule has 136 valence electrons. The first kappa shape index (κ1) is 18.2. The van der Waals surface area contributed by atoms with E-state index in [9.17, 15) is 13.7 Å². The lowest BCUT2D eigenvalue weighted by Crippen LogP contribution is -2.11. The van der Waals surface area contributed by atoms with E-state index in [0.29, 0.717) is 0 Å². The Kier molecular flexibility index (Phi) is 4.66. The van der Waals surface area contributed by atoms with Gasteiger partial charge in [-0.25, -0.2) is 4.98 Å². The molecule has 0 atom stereocenters. The Hall–Kier alpha value is -3.64. The number of anilines is 2. The van der Waals surface area contributed by atoms with Crippen LogP contribution in [0.2, 0.25) is 0 Å². The average Bonchev–Trinajstić information content (AvgIpc) is 2.61. The van der Waals surface area contributed by atoms with E-state index in [1.165, 1.54) is 18.2 Å². The lowest BCUT2D eigenvalue weighted by molar-refractivity contribution is 0.487. The minimum atomic E-state index is -4.09. The van der Waals surface area contributed by atoms with Crippen molar-refractivity contribution in [2.24, 2.45) is 0 Å². The second-order valence-corrected chi connectivity index (χ2v) is 7.20. The first-order valence-electron chi connectivity index (χ1n) is 7.75. The van der Waals surface area contributed by atoms with Crippen LogP contribution < -0.4 is 15.7 Å². The van der Waals surface area contributed by atoms with Crippen LogP contribution >= 0.6 is 0 Å². The number of aryl methyl sites for hydroxylation is 1. The third-order valence-corrected chi connectivity index (χ3v) is 4.97. The maximum Gasteiger partial charge on any atom is 0.339 e. The predicted molar refractivity (Wildman–Crippen MR) is 100 cm³/mol.